The molecule has 1 atom stereocenters. The Morgan fingerprint density at radius 2 is 1.82 bits per heavy atom. The van der Waals surface area contributed by atoms with Crippen LogP contribution >= 0.6 is 11.8 Å². The standard InChI is InChI=1S/C28H31N3OS/c1-4-24-23-18-20(2)10-12-26(23)33-27-13-11-22(19-25(27)30-24)28(32)29-15-17-31(3)16-14-21-8-6-5-7-9-21/h4-13,18-19,30H,14-17H2,1-3H3,(H,29,32)/p+1. The van der Waals surface area contributed by atoms with E-state index in [1.165, 1.54) is 26.5 Å². The monoisotopic (exact) mass is 458 g/mol. The van der Waals surface area contributed by atoms with Crippen molar-refractivity contribution < 1.29 is 9.69 Å². The van der Waals surface area contributed by atoms with Gasteiger partial charge in [-0.05, 0) is 49.7 Å². The number of amides is 1. The van der Waals surface area contributed by atoms with E-state index in [1.807, 2.05) is 31.2 Å². The minimum absolute atomic E-state index is 0.0277. The third-order valence-corrected chi connectivity index (χ3v) is 7.12. The molecule has 1 amide bonds. The molecular formula is C28H32N3OS+. The maximum absolute atomic E-state index is 12.8. The van der Waals surface area contributed by atoms with Crippen LogP contribution in [-0.2, 0) is 6.42 Å². The van der Waals surface area contributed by atoms with Crippen LogP contribution in [0.2, 0.25) is 0 Å². The highest BCUT2D eigenvalue weighted by Crippen LogP contribution is 2.42. The number of likely N-dealkylation sites (N-methyl/N-ethyl adjacent to an activating group) is 1. The number of carbonyl (C=O) groups is 1. The van der Waals surface area contributed by atoms with Crippen molar-refractivity contribution in [2.75, 3.05) is 32.0 Å². The quantitative estimate of drug-likeness (QED) is 0.491. The van der Waals surface area contributed by atoms with E-state index in [0.29, 0.717) is 12.1 Å². The van der Waals surface area contributed by atoms with Crippen LogP contribution in [0.4, 0.5) is 5.69 Å². The average Bonchev–Trinajstić information content (AvgIpc) is 2.99. The third-order valence-electron chi connectivity index (χ3n) is 5.97. The summed E-state index contributed by atoms with van der Waals surface area (Å²) in [6.07, 6.45) is 3.14. The van der Waals surface area contributed by atoms with E-state index in [-0.39, 0.29) is 5.91 Å². The number of fused-ring (bicyclic) bond motifs is 2. The average molecular weight is 459 g/mol. The molecule has 3 aromatic rings. The molecule has 0 radical (unpaired) electrons. The highest BCUT2D eigenvalue weighted by molar-refractivity contribution is 7.99. The van der Waals surface area contributed by atoms with E-state index < -0.39 is 0 Å². The number of quaternary nitrogens is 1. The van der Waals surface area contributed by atoms with Crippen molar-refractivity contribution in [2.24, 2.45) is 0 Å². The molecule has 4 nitrogen and oxygen atoms in total. The summed E-state index contributed by atoms with van der Waals surface area (Å²) in [5, 5.41) is 6.64. The Kier molecular flexibility index (Phi) is 7.53. The van der Waals surface area contributed by atoms with Gasteiger partial charge in [-0.25, -0.2) is 0 Å². The predicted octanol–water partition coefficient (Wildman–Crippen LogP) is 4.42. The van der Waals surface area contributed by atoms with Gasteiger partial charge in [0.05, 0.1) is 32.4 Å². The van der Waals surface area contributed by atoms with Crippen molar-refractivity contribution in [2.45, 2.75) is 30.1 Å². The molecule has 4 rings (SSSR count). The van der Waals surface area contributed by atoms with E-state index in [9.17, 15) is 4.79 Å². The summed E-state index contributed by atoms with van der Waals surface area (Å²) in [7, 11) is 2.18. The van der Waals surface area contributed by atoms with Crippen molar-refractivity contribution in [3.63, 3.8) is 0 Å². The number of hydrogen-bond donors (Lipinski definition) is 3. The van der Waals surface area contributed by atoms with Gasteiger partial charge in [0.2, 0.25) is 0 Å². The first-order valence-electron chi connectivity index (χ1n) is 11.5. The lowest BCUT2D eigenvalue weighted by molar-refractivity contribution is -0.878. The fraction of sp³-hybridized carbons (Fsp3) is 0.250. The highest BCUT2D eigenvalue weighted by Gasteiger charge is 2.19. The van der Waals surface area contributed by atoms with Gasteiger partial charge in [0.15, 0.2) is 0 Å². The molecule has 1 unspecified atom stereocenters. The SMILES string of the molecule is CC=C1Nc2cc(C(=O)NCC[NH+](C)CCc3ccccc3)ccc2Sc2ccc(C)cc21. The largest absolute Gasteiger partial charge is 0.354 e. The Morgan fingerprint density at radius 3 is 2.61 bits per heavy atom. The van der Waals surface area contributed by atoms with Gasteiger partial charge in [-0.15, -0.1) is 0 Å². The highest BCUT2D eigenvalue weighted by atomic mass is 32.2. The van der Waals surface area contributed by atoms with Gasteiger partial charge in [0.1, 0.15) is 0 Å². The van der Waals surface area contributed by atoms with E-state index in [2.05, 4.69) is 73.1 Å². The van der Waals surface area contributed by atoms with Crippen molar-refractivity contribution in [3.05, 3.63) is 95.1 Å². The second-order valence-electron chi connectivity index (χ2n) is 8.59. The van der Waals surface area contributed by atoms with Crippen LogP contribution < -0.4 is 15.5 Å². The van der Waals surface area contributed by atoms with Gasteiger partial charge in [-0.1, -0.05) is 59.8 Å². The summed E-state index contributed by atoms with van der Waals surface area (Å²) in [5.41, 5.74) is 6.51. The Hall–Kier alpha value is -3.02. The van der Waals surface area contributed by atoms with Gasteiger partial charge in [0.25, 0.3) is 5.91 Å². The molecule has 33 heavy (non-hydrogen) atoms. The molecule has 170 valence electrons. The molecule has 0 spiro atoms. The molecule has 3 N–H and O–H groups in total. The first-order valence-corrected chi connectivity index (χ1v) is 12.3. The Bertz CT molecular complexity index is 1160. The van der Waals surface area contributed by atoms with Crippen LogP contribution in [0.5, 0.6) is 0 Å². The zero-order valence-corrected chi connectivity index (χ0v) is 20.4. The third kappa shape index (κ3) is 5.86. The molecule has 0 bridgehead atoms. The number of aryl methyl sites for hydroxylation is 1. The Morgan fingerprint density at radius 1 is 1.03 bits per heavy atom. The van der Waals surface area contributed by atoms with Crippen LogP contribution in [-0.4, -0.2) is 32.6 Å². The number of allylic oxidation sites excluding steroid dienone is 1. The number of hydrogen-bond acceptors (Lipinski definition) is 3. The van der Waals surface area contributed by atoms with Crippen LogP contribution in [0, 0.1) is 6.92 Å². The molecule has 0 aromatic heterocycles. The summed E-state index contributed by atoms with van der Waals surface area (Å²) in [6.45, 7) is 6.75. The summed E-state index contributed by atoms with van der Waals surface area (Å²) in [5.74, 6) is -0.0277. The van der Waals surface area contributed by atoms with Crippen molar-refractivity contribution in [3.8, 4) is 0 Å². The maximum atomic E-state index is 12.8. The fourth-order valence-corrected chi connectivity index (χ4v) is 4.99. The Balaban J connectivity index is 1.36. The predicted molar refractivity (Wildman–Crippen MR) is 138 cm³/mol. The van der Waals surface area contributed by atoms with Gasteiger partial charge in [0, 0.05) is 33.0 Å². The van der Waals surface area contributed by atoms with Crippen molar-refractivity contribution in [1.82, 2.24) is 5.32 Å². The van der Waals surface area contributed by atoms with Crippen LogP contribution in [0.1, 0.15) is 34.0 Å². The van der Waals surface area contributed by atoms with Gasteiger partial charge in [-0.2, -0.15) is 0 Å². The fourth-order valence-electron chi connectivity index (χ4n) is 3.98. The lowest BCUT2D eigenvalue weighted by Gasteiger charge is -2.15. The molecule has 0 saturated carbocycles. The van der Waals surface area contributed by atoms with Crippen LogP contribution in [0.25, 0.3) is 5.70 Å². The number of benzene rings is 3. The van der Waals surface area contributed by atoms with Crippen LogP contribution in [0.3, 0.4) is 0 Å². The molecule has 0 fully saturated rings. The number of rotatable bonds is 7. The van der Waals surface area contributed by atoms with Crippen LogP contribution in [0.15, 0.2) is 82.6 Å². The lowest BCUT2D eigenvalue weighted by Crippen LogP contribution is -3.10. The summed E-state index contributed by atoms with van der Waals surface area (Å²) >= 11 is 1.74. The molecule has 0 aliphatic carbocycles. The first-order chi connectivity index (χ1) is 16.0. The number of anilines is 1. The second kappa shape index (κ2) is 10.7. The maximum Gasteiger partial charge on any atom is 0.251 e. The molecule has 5 heteroatoms. The molecule has 3 aromatic carbocycles. The molecule has 1 aliphatic rings. The number of carbonyl (C=O) groups excluding carboxylic acids is 1. The minimum Gasteiger partial charge on any atom is -0.354 e. The zero-order valence-electron chi connectivity index (χ0n) is 19.6. The minimum atomic E-state index is -0.0277. The molecule has 1 heterocycles. The summed E-state index contributed by atoms with van der Waals surface area (Å²) in [4.78, 5) is 16.6. The molecule has 1 aliphatic heterocycles. The summed E-state index contributed by atoms with van der Waals surface area (Å²) in [6, 6.07) is 23.0. The Labute approximate surface area is 201 Å². The van der Waals surface area contributed by atoms with E-state index in [1.54, 1.807) is 11.8 Å². The lowest BCUT2D eigenvalue weighted by atomic mass is 10.1. The van der Waals surface area contributed by atoms with Crippen molar-refractivity contribution >= 4 is 29.1 Å². The smallest absolute Gasteiger partial charge is 0.251 e. The zero-order chi connectivity index (χ0) is 23.2. The molecular weight excluding hydrogens is 426 g/mol. The first kappa shape index (κ1) is 23.1. The topological polar surface area (TPSA) is 45.6 Å². The van der Waals surface area contributed by atoms with E-state index in [4.69, 9.17) is 0 Å². The van der Waals surface area contributed by atoms with Gasteiger partial charge < -0.3 is 15.5 Å². The number of nitrogens with one attached hydrogen (secondary N) is 3. The van der Waals surface area contributed by atoms with E-state index in [0.717, 1.165) is 35.8 Å². The molecule has 0 saturated heterocycles. The summed E-state index contributed by atoms with van der Waals surface area (Å²) < 4.78 is 0. The second-order valence-corrected chi connectivity index (χ2v) is 9.67. The van der Waals surface area contributed by atoms with Gasteiger partial charge >= 0.3 is 0 Å². The normalized spacial score (nSPS) is 14.6. The van der Waals surface area contributed by atoms with Crippen molar-refractivity contribution in [1.29, 1.82) is 0 Å². The van der Waals surface area contributed by atoms with E-state index >= 15 is 0 Å². The van der Waals surface area contributed by atoms with Gasteiger partial charge in [-0.3, -0.25) is 4.79 Å².